The Morgan fingerprint density at radius 2 is 1.89 bits per heavy atom. The number of nitrogens with two attached hydrogens (primary N) is 1. The Balaban J connectivity index is 2.72. The molecule has 0 saturated carbocycles. The number of hydrogen-bond acceptors (Lipinski definition) is 5. The fourth-order valence-electron chi connectivity index (χ4n) is 1.49. The van der Waals surface area contributed by atoms with E-state index in [-0.39, 0.29) is 5.91 Å². The SMILES string of the molecule is COc1cc(NC(=O)[C@@H](N)CCSC)cc(OC)c1. The molecule has 1 aromatic rings. The van der Waals surface area contributed by atoms with E-state index in [1.165, 1.54) is 0 Å². The maximum Gasteiger partial charge on any atom is 0.241 e. The standard InChI is InChI=1S/C13H20N2O3S/c1-17-10-6-9(7-11(8-10)18-2)15-13(16)12(14)4-5-19-3/h6-8,12H,4-5,14H2,1-3H3,(H,15,16)/t12-/m0/s1. The third-order valence-electron chi connectivity index (χ3n) is 2.59. The lowest BCUT2D eigenvalue weighted by Crippen LogP contribution is -2.36. The highest BCUT2D eigenvalue weighted by molar-refractivity contribution is 7.98. The Bertz CT molecular complexity index is 404. The van der Waals surface area contributed by atoms with Crippen molar-refractivity contribution in [2.45, 2.75) is 12.5 Å². The van der Waals surface area contributed by atoms with Gasteiger partial charge in [0.2, 0.25) is 5.91 Å². The minimum atomic E-state index is -0.510. The summed E-state index contributed by atoms with van der Waals surface area (Å²) in [7, 11) is 3.12. The van der Waals surface area contributed by atoms with Gasteiger partial charge in [-0.15, -0.1) is 0 Å². The second-order valence-corrected chi connectivity index (χ2v) is 4.96. The summed E-state index contributed by atoms with van der Waals surface area (Å²) in [5.74, 6) is 1.89. The van der Waals surface area contributed by atoms with Crippen molar-refractivity contribution in [2.24, 2.45) is 5.73 Å². The van der Waals surface area contributed by atoms with Gasteiger partial charge in [-0.1, -0.05) is 0 Å². The number of methoxy groups -OCH3 is 2. The molecule has 3 N–H and O–H groups in total. The molecule has 19 heavy (non-hydrogen) atoms. The van der Waals surface area contributed by atoms with Crippen LogP contribution in [-0.4, -0.2) is 38.2 Å². The van der Waals surface area contributed by atoms with Gasteiger partial charge in [0.1, 0.15) is 11.5 Å². The lowest BCUT2D eigenvalue weighted by molar-refractivity contribution is -0.117. The molecule has 1 atom stereocenters. The van der Waals surface area contributed by atoms with Gasteiger partial charge in [-0.25, -0.2) is 0 Å². The fourth-order valence-corrected chi connectivity index (χ4v) is 1.98. The van der Waals surface area contributed by atoms with Crippen LogP contribution in [0.25, 0.3) is 0 Å². The molecule has 0 aliphatic carbocycles. The van der Waals surface area contributed by atoms with Crippen LogP contribution in [0.4, 0.5) is 5.69 Å². The summed E-state index contributed by atoms with van der Waals surface area (Å²) in [5, 5.41) is 2.77. The summed E-state index contributed by atoms with van der Waals surface area (Å²) in [6.07, 6.45) is 2.63. The Kier molecular flexibility index (Phi) is 6.52. The van der Waals surface area contributed by atoms with E-state index >= 15 is 0 Å². The van der Waals surface area contributed by atoms with Gasteiger partial charge in [-0.3, -0.25) is 4.79 Å². The van der Waals surface area contributed by atoms with Gasteiger partial charge in [-0.2, -0.15) is 11.8 Å². The molecular weight excluding hydrogens is 264 g/mol. The van der Waals surface area contributed by atoms with E-state index < -0.39 is 6.04 Å². The van der Waals surface area contributed by atoms with Crippen molar-refractivity contribution < 1.29 is 14.3 Å². The number of amides is 1. The van der Waals surface area contributed by atoms with Crippen molar-refractivity contribution in [2.75, 3.05) is 31.5 Å². The second-order valence-electron chi connectivity index (χ2n) is 3.98. The van der Waals surface area contributed by atoms with Crippen molar-refractivity contribution in [3.63, 3.8) is 0 Å². The highest BCUT2D eigenvalue weighted by Crippen LogP contribution is 2.25. The molecule has 5 nitrogen and oxygen atoms in total. The molecule has 0 fully saturated rings. The third kappa shape index (κ3) is 5.00. The van der Waals surface area contributed by atoms with E-state index in [1.807, 2.05) is 6.26 Å². The van der Waals surface area contributed by atoms with Crippen molar-refractivity contribution >= 4 is 23.4 Å². The van der Waals surface area contributed by atoms with Gasteiger partial charge in [0.15, 0.2) is 0 Å². The van der Waals surface area contributed by atoms with Crippen LogP contribution in [0.3, 0.4) is 0 Å². The van der Waals surface area contributed by atoms with Gasteiger partial charge < -0.3 is 20.5 Å². The maximum absolute atomic E-state index is 11.9. The van der Waals surface area contributed by atoms with Crippen LogP contribution in [0.2, 0.25) is 0 Å². The number of hydrogen-bond donors (Lipinski definition) is 2. The zero-order valence-corrected chi connectivity index (χ0v) is 12.3. The topological polar surface area (TPSA) is 73.6 Å². The van der Waals surface area contributed by atoms with E-state index in [0.717, 1.165) is 5.75 Å². The van der Waals surface area contributed by atoms with Gasteiger partial charge in [0.25, 0.3) is 0 Å². The Morgan fingerprint density at radius 3 is 2.37 bits per heavy atom. The van der Waals surface area contributed by atoms with E-state index in [2.05, 4.69) is 5.32 Å². The molecule has 106 valence electrons. The van der Waals surface area contributed by atoms with Crippen LogP contribution >= 0.6 is 11.8 Å². The quantitative estimate of drug-likeness (QED) is 0.797. The first-order valence-electron chi connectivity index (χ1n) is 5.89. The molecule has 1 amide bonds. The molecule has 0 unspecified atom stereocenters. The van der Waals surface area contributed by atoms with Crippen molar-refractivity contribution in [1.82, 2.24) is 0 Å². The number of ether oxygens (including phenoxy) is 2. The molecule has 0 bridgehead atoms. The number of thioether (sulfide) groups is 1. The Hall–Kier alpha value is -1.40. The van der Waals surface area contributed by atoms with Crippen LogP contribution in [0, 0.1) is 0 Å². The normalized spacial score (nSPS) is 11.8. The minimum Gasteiger partial charge on any atom is -0.497 e. The first kappa shape index (κ1) is 15.7. The predicted octanol–water partition coefficient (Wildman–Crippen LogP) is 1.72. The molecule has 0 saturated heterocycles. The number of carbonyl (C=O) groups excluding carboxylic acids is 1. The fraction of sp³-hybridized carbons (Fsp3) is 0.462. The average molecular weight is 284 g/mol. The average Bonchev–Trinajstić information content (AvgIpc) is 2.43. The third-order valence-corrected chi connectivity index (χ3v) is 3.23. The highest BCUT2D eigenvalue weighted by Gasteiger charge is 2.14. The molecule has 6 heteroatoms. The largest absolute Gasteiger partial charge is 0.497 e. The lowest BCUT2D eigenvalue weighted by Gasteiger charge is -2.13. The number of rotatable bonds is 7. The van der Waals surface area contributed by atoms with Gasteiger partial charge in [0.05, 0.1) is 20.3 Å². The summed E-state index contributed by atoms with van der Waals surface area (Å²) in [6, 6.07) is 4.68. The van der Waals surface area contributed by atoms with E-state index in [0.29, 0.717) is 23.6 Å². The number of nitrogens with one attached hydrogen (secondary N) is 1. The summed E-state index contributed by atoms with van der Waals surface area (Å²) in [6.45, 7) is 0. The summed E-state index contributed by atoms with van der Waals surface area (Å²) in [4.78, 5) is 11.9. The van der Waals surface area contributed by atoms with Gasteiger partial charge in [-0.05, 0) is 18.4 Å². The number of anilines is 1. The molecule has 0 heterocycles. The van der Waals surface area contributed by atoms with Crippen molar-refractivity contribution in [3.05, 3.63) is 18.2 Å². The van der Waals surface area contributed by atoms with Gasteiger partial charge >= 0.3 is 0 Å². The summed E-state index contributed by atoms with van der Waals surface area (Å²) >= 11 is 1.67. The highest BCUT2D eigenvalue weighted by atomic mass is 32.2. The van der Waals surface area contributed by atoms with Crippen LogP contribution in [0.1, 0.15) is 6.42 Å². The van der Waals surface area contributed by atoms with E-state index in [1.54, 1.807) is 44.2 Å². The second kappa shape index (κ2) is 7.91. The first-order valence-corrected chi connectivity index (χ1v) is 7.28. The van der Waals surface area contributed by atoms with Crippen LogP contribution in [0.5, 0.6) is 11.5 Å². The molecule has 0 spiro atoms. The smallest absolute Gasteiger partial charge is 0.241 e. The molecule has 0 aromatic heterocycles. The maximum atomic E-state index is 11.9. The molecule has 0 radical (unpaired) electrons. The monoisotopic (exact) mass is 284 g/mol. The Labute approximate surface area is 117 Å². The van der Waals surface area contributed by atoms with E-state index in [4.69, 9.17) is 15.2 Å². The molecular formula is C13H20N2O3S. The van der Waals surface area contributed by atoms with Crippen LogP contribution in [0.15, 0.2) is 18.2 Å². The molecule has 0 aliphatic rings. The lowest BCUT2D eigenvalue weighted by atomic mass is 10.2. The molecule has 1 aromatic carbocycles. The summed E-state index contributed by atoms with van der Waals surface area (Å²) in [5.41, 5.74) is 6.42. The predicted molar refractivity (Wildman–Crippen MR) is 79.2 cm³/mol. The first-order chi connectivity index (χ1) is 9.10. The summed E-state index contributed by atoms with van der Waals surface area (Å²) < 4.78 is 10.3. The minimum absolute atomic E-state index is 0.204. The number of benzene rings is 1. The number of carbonyl (C=O) groups is 1. The Morgan fingerprint density at radius 1 is 1.32 bits per heavy atom. The zero-order valence-electron chi connectivity index (χ0n) is 11.4. The van der Waals surface area contributed by atoms with E-state index in [9.17, 15) is 4.79 Å². The van der Waals surface area contributed by atoms with Gasteiger partial charge in [0, 0.05) is 23.9 Å². The van der Waals surface area contributed by atoms with Crippen molar-refractivity contribution in [3.8, 4) is 11.5 Å². The molecule has 1 rings (SSSR count). The van der Waals surface area contributed by atoms with Crippen LogP contribution < -0.4 is 20.5 Å². The van der Waals surface area contributed by atoms with Crippen LogP contribution in [-0.2, 0) is 4.79 Å². The molecule has 0 aliphatic heterocycles. The van der Waals surface area contributed by atoms with Crippen molar-refractivity contribution in [1.29, 1.82) is 0 Å². The zero-order chi connectivity index (χ0) is 14.3.